The number of aromatic nitrogens is 16. The van der Waals surface area contributed by atoms with Crippen molar-refractivity contribution in [2.24, 2.45) is 5.92 Å². The lowest BCUT2D eigenvalue weighted by Crippen LogP contribution is -2.66. The highest BCUT2D eigenvalue weighted by atomic mass is 32.2. The lowest BCUT2D eigenvalue weighted by atomic mass is 9.89. The van der Waals surface area contributed by atoms with Gasteiger partial charge in [-0.1, -0.05) is 27.2 Å². The number of unbranched alkanes of at least 4 members (excludes halogenated alkanes) is 1. The van der Waals surface area contributed by atoms with Crippen LogP contribution in [0.4, 0.5) is 22.7 Å². The van der Waals surface area contributed by atoms with Crippen LogP contribution in [0.3, 0.4) is 0 Å². The number of pyridine rings is 4. The van der Waals surface area contributed by atoms with Crippen molar-refractivity contribution in [3.8, 4) is 68.8 Å². The Balaban J connectivity index is 0.000000130. The molecule has 12 aromatic rings. The van der Waals surface area contributed by atoms with Crippen LogP contribution in [0.15, 0.2) is 123 Å². The minimum absolute atomic E-state index is 0.0276. The normalized spacial score (nSPS) is 17.0. The summed E-state index contributed by atoms with van der Waals surface area (Å²) in [5, 5.41) is 58.3. The summed E-state index contributed by atoms with van der Waals surface area (Å²) in [5.41, 5.74) is 7.33. The third kappa shape index (κ3) is 15.2. The predicted octanol–water partition coefficient (Wildman–Crippen LogP) is 11.3. The van der Waals surface area contributed by atoms with Crippen molar-refractivity contribution in [1.82, 2.24) is 96.2 Å². The van der Waals surface area contributed by atoms with Gasteiger partial charge in [-0.15, -0.1) is 0 Å². The van der Waals surface area contributed by atoms with E-state index < -0.39 is 67.0 Å². The maximum atomic E-state index is 12.8. The molecule has 608 valence electrons. The first-order valence-corrected chi connectivity index (χ1v) is 44.0. The standard InChI is InChI=1S/3C20H21N7O2S.C19H17N7O2S/c1-19(2,3)30(28,29)26-12-20(13-26,6-7-21)27-11-14(9-25-27)17-15-5-8-23-18(15)24-10-16(17)22-4;1-14(2)11-30(28,29)26-12-20(13-26,5-6-21)27-10-15(8-25-27)18-16-4-7-23-19(16)24-9-17(18)22-3;1-3-4-9-30(28,29)26-13-20(14-26,6-7-21)27-12-15(10-25-27)18-16-5-8-23-19(16)24-11-17(18)22-2;1-21-16-9-23-18-15(4-7-22-18)17(16)13-8-24-26(10-13)19(5-6-20)11-25(12-19)29(27,28)14-2-3-14/h5,8-11H,6,12-13H2,1-3H3,(H,23,24);4,7-10,14H,5,11-13H2,1-2H3,(H,23,24);5,8,10-12H,3-4,6,9,13-14H2,1H3,(H,23,24);4,7-10,14H,2-3,5,11-12H2,(H,22,23). The van der Waals surface area contributed by atoms with E-state index in [2.05, 4.69) is 104 Å². The Morgan fingerprint density at radius 2 is 0.739 bits per heavy atom. The largest absolute Gasteiger partial charge is 0.346 e. The number of fused-ring (bicyclic) bond motifs is 4. The molecular weight excluding hydrogens is 1600 g/mol. The molecule has 0 atom stereocenters. The molecule has 12 aromatic heterocycles. The van der Waals surface area contributed by atoms with E-state index in [0.29, 0.717) is 70.2 Å². The van der Waals surface area contributed by atoms with Crippen LogP contribution in [0, 0.1) is 77.5 Å². The van der Waals surface area contributed by atoms with Crippen LogP contribution < -0.4 is 0 Å². The van der Waals surface area contributed by atoms with Crippen molar-refractivity contribution in [1.29, 1.82) is 21.0 Å². The van der Waals surface area contributed by atoms with Crippen LogP contribution in [0.2, 0.25) is 0 Å². The Hall–Kier alpha value is -12.8. The molecule has 119 heavy (non-hydrogen) atoms. The maximum absolute atomic E-state index is 12.8. The second-order valence-electron chi connectivity index (χ2n) is 31.7. The van der Waals surface area contributed by atoms with E-state index >= 15 is 0 Å². The van der Waals surface area contributed by atoms with E-state index in [1.165, 1.54) is 42.0 Å². The van der Waals surface area contributed by atoms with Crippen LogP contribution in [0.25, 0.3) is 108 Å². The molecule has 0 aromatic carbocycles. The van der Waals surface area contributed by atoms with Crippen molar-refractivity contribution in [3.63, 3.8) is 0 Å². The predicted molar refractivity (Wildman–Crippen MR) is 441 cm³/mol. The molecule has 0 unspecified atom stereocenters. The SMILES string of the molecule is [C-]#[N+]c1cnc2[nH]ccc2c1-c1cnn(C2(CC#N)CN(S(=O)(=O)C(C)(C)C)C2)c1.[C-]#[N+]c1cnc2[nH]ccc2c1-c1cnn(C2(CC#N)CN(S(=O)(=O)C3CC3)C2)c1.[C-]#[N+]c1cnc2[nH]ccc2c1-c1cnn(C2(CC#N)CN(S(=O)(=O)CC(C)C)C2)c1.[C-]#[N+]c1cnc2[nH]ccc2c1-c1cnn(C2(CC#N)CN(S(=O)(=O)CCCC)C2)c1. The van der Waals surface area contributed by atoms with E-state index in [4.69, 9.17) is 26.3 Å². The summed E-state index contributed by atoms with van der Waals surface area (Å²) >= 11 is 0. The van der Waals surface area contributed by atoms with Crippen LogP contribution in [-0.2, 0) is 62.2 Å². The van der Waals surface area contributed by atoms with E-state index in [1.807, 2.05) is 45.0 Å². The highest BCUT2D eigenvalue weighted by molar-refractivity contribution is 7.90. The first kappa shape index (κ1) is 82.7. The number of hydrogen-bond acceptors (Lipinski definition) is 20. The number of hydrogen-bond donors (Lipinski definition) is 4. The smallest absolute Gasteiger partial charge is 0.219 e. The number of sulfonamides is 4. The van der Waals surface area contributed by atoms with E-state index in [-0.39, 0.29) is 101 Å². The molecule has 4 saturated heterocycles. The van der Waals surface area contributed by atoms with Gasteiger partial charge in [-0.3, -0.25) is 38.7 Å². The summed E-state index contributed by atoms with van der Waals surface area (Å²) in [6.45, 7) is 42.3. The summed E-state index contributed by atoms with van der Waals surface area (Å²) in [5.74, 6) is 0.226. The lowest BCUT2D eigenvalue weighted by molar-refractivity contribution is 0.0699. The highest BCUT2D eigenvalue weighted by Gasteiger charge is 2.56. The zero-order valence-electron chi connectivity index (χ0n) is 65.6. The quantitative estimate of drug-likeness (QED) is 0.0458. The molecule has 36 nitrogen and oxygen atoms in total. The van der Waals surface area contributed by atoms with Crippen molar-refractivity contribution < 1.29 is 33.7 Å². The molecule has 0 bridgehead atoms. The second-order valence-corrected chi connectivity index (χ2v) is 40.7. The molecule has 5 aliphatic rings. The van der Waals surface area contributed by atoms with Crippen LogP contribution in [0.5, 0.6) is 0 Å². The zero-order chi connectivity index (χ0) is 84.8. The number of aromatic amines is 4. The molecule has 4 N–H and O–H groups in total. The van der Waals surface area contributed by atoms with Gasteiger partial charge in [-0.2, -0.15) is 58.7 Å². The fourth-order valence-corrected chi connectivity index (χ4v) is 22.8. The second kappa shape index (κ2) is 31.9. The molecule has 16 heterocycles. The van der Waals surface area contributed by atoms with E-state index in [0.717, 1.165) is 66.9 Å². The van der Waals surface area contributed by atoms with Gasteiger partial charge < -0.3 is 19.9 Å². The van der Waals surface area contributed by atoms with Gasteiger partial charge >= 0.3 is 0 Å². The van der Waals surface area contributed by atoms with Gasteiger partial charge in [0.15, 0.2) is 0 Å². The van der Waals surface area contributed by atoms with Gasteiger partial charge in [0.25, 0.3) is 0 Å². The van der Waals surface area contributed by atoms with Crippen molar-refractivity contribution in [3.05, 3.63) is 169 Å². The number of nitriles is 4. The van der Waals surface area contributed by atoms with Crippen molar-refractivity contribution in [2.45, 2.75) is 125 Å². The van der Waals surface area contributed by atoms with Gasteiger partial charge in [-0.05, 0) is 70.2 Å². The molecule has 17 rings (SSSR count). The Kier molecular flexibility index (Phi) is 22.2. The number of H-pyrrole nitrogens is 4. The third-order valence-electron chi connectivity index (χ3n) is 22.1. The topological polar surface area (TPSA) is 448 Å². The first-order chi connectivity index (χ1) is 56.8. The van der Waals surface area contributed by atoms with Gasteiger partial charge in [0.05, 0.1) is 123 Å². The average molecular weight is 1680 g/mol. The fourth-order valence-electron chi connectivity index (χ4n) is 15.5. The first-order valence-electron chi connectivity index (χ1n) is 37.8. The van der Waals surface area contributed by atoms with Crippen LogP contribution >= 0.6 is 0 Å². The van der Waals surface area contributed by atoms with Gasteiger partial charge in [-0.25, -0.2) is 53.1 Å². The molecular formula is C79H80N28O8S4. The van der Waals surface area contributed by atoms with Crippen molar-refractivity contribution in [2.75, 3.05) is 63.9 Å². The van der Waals surface area contributed by atoms with Crippen LogP contribution in [0.1, 0.15) is 92.9 Å². The number of nitrogens with zero attached hydrogens (tertiary/aromatic N) is 24. The Bertz CT molecular complexity index is 6790. The summed E-state index contributed by atoms with van der Waals surface area (Å²) in [6.07, 6.45) is 30.4. The third-order valence-corrected chi connectivity index (χ3v) is 30.8. The summed E-state index contributed by atoms with van der Waals surface area (Å²) in [7, 11) is -13.5. The Morgan fingerprint density at radius 3 is 1.00 bits per heavy atom. The molecule has 0 spiro atoms. The number of nitrogens with one attached hydrogen (secondary N) is 4. The maximum Gasteiger partial charge on any atom is 0.219 e. The van der Waals surface area contributed by atoms with Gasteiger partial charge in [0.2, 0.25) is 62.8 Å². The Labute approximate surface area is 686 Å². The molecule has 5 fully saturated rings. The van der Waals surface area contributed by atoms with E-state index in [9.17, 15) is 54.7 Å². The summed E-state index contributed by atoms with van der Waals surface area (Å²) in [4.78, 5) is 43.5. The fraction of sp³-hybridized carbons (Fsp3) is 0.392. The average Bonchev–Trinajstić information content (AvgIpc) is 1.49. The minimum Gasteiger partial charge on any atom is -0.346 e. The summed E-state index contributed by atoms with van der Waals surface area (Å²) in [6, 6.07) is 16.1. The van der Waals surface area contributed by atoms with E-state index in [1.54, 1.807) is 114 Å². The molecule has 40 heteroatoms. The monoisotopic (exact) mass is 1680 g/mol. The molecule has 4 aliphatic heterocycles. The molecule has 0 radical (unpaired) electrons. The van der Waals surface area contributed by atoms with Crippen molar-refractivity contribution >= 4 is 107 Å². The highest BCUT2D eigenvalue weighted by Crippen LogP contribution is 2.47. The van der Waals surface area contributed by atoms with Gasteiger partial charge in [0, 0.05) is 193 Å². The van der Waals surface area contributed by atoms with Crippen LogP contribution in [-0.4, -0.2) is 204 Å². The molecule has 1 aliphatic carbocycles. The number of rotatable bonds is 22. The minimum atomic E-state index is -3.48. The summed E-state index contributed by atoms with van der Waals surface area (Å²) < 4.78 is 112. The molecule has 1 saturated carbocycles. The lowest BCUT2D eigenvalue weighted by Gasteiger charge is -2.49. The molecule has 0 amide bonds. The van der Waals surface area contributed by atoms with Gasteiger partial charge in [0.1, 0.15) is 44.7 Å². The zero-order valence-corrected chi connectivity index (χ0v) is 68.8. The Morgan fingerprint density at radius 1 is 0.454 bits per heavy atom.